The van der Waals surface area contributed by atoms with Crippen LogP contribution in [0.1, 0.15) is 111 Å². The molecule has 0 aliphatic carbocycles. The maximum atomic E-state index is 10.3. The Morgan fingerprint density at radius 2 is 1.19 bits per heavy atom. The number of nitrogens with one attached hydrogen (secondary N) is 6. The quantitative estimate of drug-likeness (QED) is 0.0619. The molecule has 0 saturated heterocycles. The molecule has 0 spiro atoms. The number of oxazole rings is 1. The Morgan fingerprint density at radius 3 is 1.31 bits per heavy atom. The predicted octanol–water partition coefficient (Wildman–Crippen LogP) is 11.3. The van der Waals surface area contributed by atoms with Gasteiger partial charge in [0.1, 0.15) is 18.8 Å². The molecule has 5 aromatic rings. The Balaban J connectivity index is -0.0000000661. The highest BCUT2D eigenvalue weighted by Gasteiger charge is 2.00. The van der Waals surface area contributed by atoms with Crippen LogP contribution < -0.4 is 5.76 Å². The zero-order chi connectivity index (χ0) is 47.5. The van der Waals surface area contributed by atoms with E-state index >= 15 is 0 Å². The normalized spacial score (nSPS) is 9.44. The number of aromatic amines is 5. The Morgan fingerprint density at radius 1 is 0.678 bits per heavy atom. The summed E-state index contributed by atoms with van der Waals surface area (Å²) in [6, 6.07) is 5.72. The van der Waals surface area contributed by atoms with E-state index in [0.29, 0.717) is 6.79 Å². The van der Waals surface area contributed by atoms with Gasteiger partial charge in [-0.15, -0.1) is 0 Å². The summed E-state index contributed by atoms with van der Waals surface area (Å²) in [5.41, 5.74) is 0. The number of rotatable bonds is 1. The van der Waals surface area contributed by atoms with Crippen LogP contribution in [-0.2, 0) is 19.3 Å². The minimum absolute atomic E-state index is 0.389. The molecule has 0 bridgehead atoms. The molecule has 6 N–H and O–H groups in total. The first-order valence-electron chi connectivity index (χ1n) is 19.5. The molecule has 7 heterocycles. The Bertz CT molecular complexity index is 1260. The van der Waals surface area contributed by atoms with Crippen LogP contribution in [0, 0.1) is 5.41 Å². The lowest BCUT2D eigenvalue weighted by atomic mass is 10.6. The first-order valence-corrected chi connectivity index (χ1v) is 21.5. The van der Waals surface area contributed by atoms with Crippen molar-refractivity contribution in [3.63, 3.8) is 0 Å². The molecule has 0 amide bonds. The average molecular weight is 874 g/mol. The fourth-order valence-electron chi connectivity index (χ4n) is 1.69. The summed E-state index contributed by atoms with van der Waals surface area (Å²) < 4.78 is 37.0. The van der Waals surface area contributed by atoms with Crippen molar-refractivity contribution in [1.82, 2.24) is 45.5 Å². The van der Waals surface area contributed by atoms with Crippen LogP contribution in [0.15, 0.2) is 136 Å². The van der Waals surface area contributed by atoms with Crippen molar-refractivity contribution >= 4 is 35.1 Å². The SMILES string of the molecule is C1=COCO1.CC.CC.CC.CC.CC.CC.CC.CC.N=CC=NS.O=S1(=O)C=CC=C1.O=c1[nH]cco1.c1c[nH]cn1.c1cc[nH]c1.c1cn[nH]c1.c1cn[nH]n1. The highest BCUT2D eigenvalue weighted by Crippen LogP contribution is 2.01. The van der Waals surface area contributed by atoms with Crippen LogP contribution in [0.3, 0.4) is 0 Å². The van der Waals surface area contributed by atoms with Crippen LogP contribution in [0.25, 0.3) is 0 Å². The number of hydrogen-bond donors (Lipinski definition) is 7. The molecule has 7 rings (SSSR count). The van der Waals surface area contributed by atoms with Gasteiger partial charge in [-0.3, -0.25) is 10.1 Å². The molecule has 5 aromatic heterocycles. The maximum absolute atomic E-state index is 10.3. The van der Waals surface area contributed by atoms with E-state index in [9.17, 15) is 13.2 Å². The molecule has 0 saturated carbocycles. The van der Waals surface area contributed by atoms with Crippen molar-refractivity contribution in [3.05, 3.63) is 133 Å². The molecule has 0 atom stereocenters. The highest BCUT2D eigenvalue weighted by molar-refractivity contribution is 7.97. The molecule has 17 nitrogen and oxygen atoms in total. The summed E-state index contributed by atoms with van der Waals surface area (Å²) in [6.45, 7) is 32.4. The van der Waals surface area contributed by atoms with E-state index in [4.69, 9.17) is 5.41 Å². The highest BCUT2D eigenvalue weighted by atomic mass is 32.2. The summed E-state index contributed by atoms with van der Waals surface area (Å²) in [6.07, 6.45) is 26.5. The van der Waals surface area contributed by atoms with E-state index < -0.39 is 15.6 Å². The van der Waals surface area contributed by atoms with Crippen LogP contribution in [-0.4, -0.2) is 73.2 Å². The summed E-state index contributed by atoms with van der Waals surface area (Å²) in [4.78, 5) is 21.4. The Labute approximate surface area is 361 Å². The van der Waals surface area contributed by atoms with Crippen molar-refractivity contribution in [1.29, 1.82) is 5.41 Å². The summed E-state index contributed by atoms with van der Waals surface area (Å²) in [7, 11) is -2.91. The van der Waals surface area contributed by atoms with Gasteiger partial charge in [-0.05, 0) is 43.2 Å². The van der Waals surface area contributed by atoms with Crippen molar-refractivity contribution in [3.8, 4) is 0 Å². The molecular weight excluding hydrogens is 795 g/mol. The van der Waals surface area contributed by atoms with E-state index in [1.54, 1.807) is 43.5 Å². The van der Waals surface area contributed by atoms with Gasteiger partial charge in [0.15, 0.2) is 9.84 Å². The van der Waals surface area contributed by atoms with Crippen LogP contribution in [0.5, 0.6) is 0 Å². The first-order chi connectivity index (χ1) is 29.0. The number of aromatic nitrogens is 9. The molecule has 0 fully saturated rings. The van der Waals surface area contributed by atoms with E-state index in [-0.39, 0.29) is 0 Å². The van der Waals surface area contributed by atoms with Gasteiger partial charge < -0.3 is 29.3 Å². The lowest BCUT2D eigenvalue weighted by Crippen LogP contribution is -1.91. The average Bonchev–Trinajstić information content (AvgIpc) is 4.17. The number of H-pyrrole nitrogens is 5. The zero-order valence-electron chi connectivity index (χ0n) is 38.4. The number of thiol groups is 1. The minimum atomic E-state index is -2.91. The van der Waals surface area contributed by atoms with Crippen molar-refractivity contribution in [2.24, 2.45) is 4.40 Å². The van der Waals surface area contributed by atoms with E-state index in [2.05, 4.69) is 76.6 Å². The van der Waals surface area contributed by atoms with Gasteiger partial charge in [-0.2, -0.15) is 20.5 Å². The third kappa shape index (κ3) is 95.1. The molecule has 0 aromatic carbocycles. The number of nitrogens with zero attached hydrogens (tertiary/aromatic N) is 5. The van der Waals surface area contributed by atoms with Crippen LogP contribution in [0.4, 0.5) is 0 Å². The minimum Gasteiger partial charge on any atom is -0.462 e. The second-order valence-electron chi connectivity index (χ2n) is 6.32. The molecule has 19 heteroatoms. The number of ether oxygens (including phenoxy) is 2. The third-order valence-corrected chi connectivity index (χ3v) is 4.46. The second-order valence-corrected chi connectivity index (χ2v) is 8.27. The maximum Gasteiger partial charge on any atom is 0.416 e. The molecule has 59 heavy (non-hydrogen) atoms. The van der Waals surface area contributed by atoms with Crippen molar-refractivity contribution in [2.75, 3.05) is 6.79 Å². The van der Waals surface area contributed by atoms with Gasteiger partial charge in [0, 0.05) is 60.4 Å². The largest absolute Gasteiger partial charge is 0.462 e. The van der Waals surface area contributed by atoms with E-state index in [1.807, 2.05) is 141 Å². The van der Waals surface area contributed by atoms with Crippen LogP contribution >= 0.6 is 12.8 Å². The third-order valence-electron chi connectivity index (χ3n) is 3.26. The second kappa shape index (κ2) is 89.1. The molecule has 2 aliphatic heterocycles. The first kappa shape index (κ1) is 74.3. The predicted molar refractivity (Wildman–Crippen MR) is 254 cm³/mol. The fourth-order valence-corrected chi connectivity index (χ4v) is 2.47. The smallest absolute Gasteiger partial charge is 0.416 e. The van der Waals surface area contributed by atoms with E-state index in [1.165, 1.54) is 43.4 Å². The van der Waals surface area contributed by atoms with Crippen LogP contribution in [0.2, 0.25) is 0 Å². The standard InChI is InChI=1S/C4H5N.C4H4O2S.2C3H4N2.C3H3NO2.C3H4O2.C2H3N3.C2H4N2S.8C2H6/c1-2-4-5-3-1;5-7(6)3-1-2-4-7;1-2-5-3-4-1;1-2-4-5-3-1;5-3-4-1-2-6-3;1-2-5-3-4-1;1-2-4-5-3-1;3-1-2-4-5;8*1-2/h1-5H;1-4H;2*1-3H,(H,4,5);1-2H,(H,4,5);1-2H,3H2;1-2H,(H,3,4,5);1-3,5H;8*1-2H3. The van der Waals surface area contributed by atoms with Crippen molar-refractivity contribution in [2.45, 2.75) is 111 Å². The molecular formula is C40H79N11O6S2. The van der Waals surface area contributed by atoms with Gasteiger partial charge >= 0.3 is 5.76 Å². The molecule has 2 aliphatic rings. The Hall–Kier alpha value is -5.69. The molecule has 0 radical (unpaired) electrons. The summed E-state index contributed by atoms with van der Waals surface area (Å²) in [5, 5.41) is 24.1. The molecule has 0 unspecified atom stereocenters. The van der Waals surface area contributed by atoms with E-state index in [0.717, 1.165) is 17.0 Å². The van der Waals surface area contributed by atoms with Crippen molar-refractivity contribution < 1.29 is 22.3 Å². The number of sulfone groups is 1. The number of allylic oxidation sites excluding steroid dienone is 2. The van der Waals surface area contributed by atoms with Gasteiger partial charge in [0.2, 0.25) is 6.79 Å². The molecule has 342 valence electrons. The van der Waals surface area contributed by atoms with Gasteiger partial charge in [-0.1, -0.05) is 111 Å². The van der Waals surface area contributed by atoms with Gasteiger partial charge in [0.25, 0.3) is 0 Å². The lowest BCUT2D eigenvalue weighted by Gasteiger charge is -1.82. The van der Waals surface area contributed by atoms with Gasteiger partial charge in [-0.25, -0.2) is 22.6 Å². The van der Waals surface area contributed by atoms with Gasteiger partial charge in [0.05, 0.1) is 24.9 Å². The lowest BCUT2D eigenvalue weighted by molar-refractivity contribution is 0.0920. The summed E-state index contributed by atoms with van der Waals surface area (Å²) >= 11 is 3.42. The number of hydrogen-bond acceptors (Lipinski definition) is 13. The summed E-state index contributed by atoms with van der Waals surface area (Å²) in [5.74, 6) is -0.407. The number of imidazole rings is 1. The topological polar surface area (TPSA) is 250 Å². The Kier molecular flexibility index (Phi) is 112. The monoisotopic (exact) mass is 874 g/mol. The fraction of sp³-hybridized carbons (Fsp3) is 0.425. The zero-order valence-corrected chi connectivity index (χ0v) is 40.2.